The zero-order valence-electron chi connectivity index (χ0n) is 5.12. The Labute approximate surface area is 95.1 Å². The van der Waals surface area contributed by atoms with Crippen molar-refractivity contribution in [1.82, 2.24) is 0 Å². The maximum absolute atomic E-state index is 8.74. The minimum absolute atomic E-state index is 0. The predicted molar refractivity (Wildman–Crippen MR) is 21.9 cm³/mol. The van der Waals surface area contributed by atoms with E-state index in [9.17, 15) is 0 Å². The summed E-state index contributed by atoms with van der Waals surface area (Å²) >= 11 is 0. The van der Waals surface area contributed by atoms with Crippen LogP contribution in [0.5, 0.6) is 0 Å². The van der Waals surface area contributed by atoms with Crippen molar-refractivity contribution < 1.29 is 85.1 Å². The number of hydrogen-bond donors (Lipinski definition) is 2. The number of hydrogen-bond acceptors (Lipinski definition) is 6. The molecule has 0 heterocycles. The van der Waals surface area contributed by atoms with E-state index in [0.29, 0.717) is 0 Å². The summed E-state index contributed by atoms with van der Waals surface area (Å²) in [5.41, 5.74) is 0. The van der Waals surface area contributed by atoms with Gasteiger partial charge in [-0.3, -0.25) is 9.11 Å². The van der Waals surface area contributed by atoms with E-state index in [0.717, 1.165) is 0 Å². The molecule has 0 aliphatic heterocycles. The molecule has 0 aliphatic carbocycles. The fourth-order valence-corrected chi connectivity index (χ4v) is 0. The van der Waals surface area contributed by atoms with E-state index in [4.69, 9.17) is 17.5 Å². The summed E-state index contributed by atoms with van der Waals surface area (Å²) in [7, 11) is -4.67. The Kier molecular flexibility index (Phi) is 115. The van der Waals surface area contributed by atoms with Crippen LogP contribution in [0.4, 0.5) is 0 Å². The summed E-state index contributed by atoms with van der Waals surface area (Å²) in [6.07, 6.45) is 0. The molecule has 66 valence electrons. The summed E-state index contributed by atoms with van der Waals surface area (Å²) in [4.78, 5) is 0. The van der Waals surface area contributed by atoms with Gasteiger partial charge in [0.25, 0.3) is 0 Å². The largest absolute Gasteiger partial charge is 4.00 e. The van der Waals surface area contributed by atoms with Gasteiger partial charge in [0.1, 0.15) is 0 Å². The van der Waals surface area contributed by atoms with Crippen molar-refractivity contribution in [2.45, 2.75) is 0 Å². The van der Waals surface area contributed by atoms with E-state index in [1.54, 1.807) is 0 Å². The van der Waals surface area contributed by atoms with Gasteiger partial charge >= 0.3 is 36.6 Å². The Bertz CT molecular complexity index is 97.3. The van der Waals surface area contributed by atoms with E-state index < -0.39 is 10.4 Å². The third-order valence-electron chi connectivity index (χ3n) is 0. The Hall–Kier alpha value is 1.22. The van der Waals surface area contributed by atoms with E-state index >= 15 is 0 Å². The normalized spacial score (nSPS) is 5.27. The molecule has 8 nitrogen and oxygen atoms in total. The standard InChI is InChI=1S/H2O4S.4H2O.Zn.Zr/c1-5(2,3)4;;;;;;/h(H2,1,2,3,4);4*1H2;;/q;;;;;;+4/p-4. The second kappa shape index (κ2) is 22.5. The molecule has 0 radical (unpaired) electrons. The average molecular weight is 323 g/mol. The Morgan fingerprint density at radius 3 is 0.818 bits per heavy atom. The molecule has 0 spiro atoms. The molecular weight excluding hydrogens is 317 g/mol. The van der Waals surface area contributed by atoms with Crippen LogP contribution in [0.3, 0.4) is 0 Å². The Morgan fingerprint density at radius 1 is 0.818 bits per heavy atom. The number of rotatable bonds is 0. The first kappa shape index (κ1) is 56.5. The molecule has 0 fully saturated rings. The molecule has 0 atom stereocenters. The second-order valence-corrected chi connectivity index (χ2v) is 1.34. The molecule has 0 aromatic carbocycles. The molecule has 0 aromatic heterocycles. The minimum Gasteiger partial charge on any atom is -0.870 e. The van der Waals surface area contributed by atoms with Crippen molar-refractivity contribution >= 4 is 10.4 Å². The van der Waals surface area contributed by atoms with Crippen LogP contribution >= 0.6 is 0 Å². The summed E-state index contributed by atoms with van der Waals surface area (Å²) < 4.78 is 31.6. The third-order valence-corrected chi connectivity index (χ3v) is 0. The molecular formula is H6O8SZnZr. The molecule has 0 aliphatic rings. The molecule has 0 amide bonds. The SMILES string of the molecule is O=S(=O)(O)O.[OH-].[OH-].[OH-].[OH-].[Zn].[Zr+4]. The fourth-order valence-electron chi connectivity index (χ4n) is 0. The second-order valence-electron chi connectivity index (χ2n) is 0.448. The van der Waals surface area contributed by atoms with Crippen molar-refractivity contribution in [2.24, 2.45) is 0 Å². The molecule has 11 heteroatoms. The van der Waals surface area contributed by atoms with Crippen LogP contribution < -0.4 is 0 Å². The van der Waals surface area contributed by atoms with E-state index in [2.05, 4.69) is 0 Å². The summed E-state index contributed by atoms with van der Waals surface area (Å²) in [6, 6.07) is 0. The summed E-state index contributed by atoms with van der Waals surface area (Å²) in [5.74, 6) is 0. The van der Waals surface area contributed by atoms with E-state index in [1.807, 2.05) is 0 Å². The first-order valence-electron chi connectivity index (χ1n) is 0.698. The maximum Gasteiger partial charge on any atom is 4.00 e. The monoisotopic (exact) mass is 320 g/mol. The van der Waals surface area contributed by atoms with Crippen LogP contribution in [0.25, 0.3) is 0 Å². The quantitative estimate of drug-likeness (QED) is 0.402. The molecule has 0 saturated carbocycles. The molecule has 11 heavy (non-hydrogen) atoms. The predicted octanol–water partition coefficient (Wildman–Crippen LogP) is -1.36. The van der Waals surface area contributed by atoms with Gasteiger partial charge in [0.2, 0.25) is 0 Å². The molecule has 0 saturated heterocycles. The topological polar surface area (TPSA) is 195 Å². The van der Waals surface area contributed by atoms with Gasteiger partial charge < -0.3 is 21.9 Å². The zero-order valence-corrected chi connectivity index (χ0v) is 11.4. The molecule has 0 aromatic rings. The first-order chi connectivity index (χ1) is 2.00. The zero-order chi connectivity index (χ0) is 4.50. The van der Waals surface area contributed by atoms with Crippen molar-refractivity contribution in [3.05, 3.63) is 0 Å². The maximum atomic E-state index is 8.74. The van der Waals surface area contributed by atoms with Crippen LogP contribution in [-0.2, 0) is 56.1 Å². The average Bonchev–Trinajstić information content (AvgIpc) is 0.722. The van der Waals surface area contributed by atoms with Crippen molar-refractivity contribution in [1.29, 1.82) is 0 Å². The van der Waals surface area contributed by atoms with Crippen molar-refractivity contribution in [3.8, 4) is 0 Å². The molecule has 6 N–H and O–H groups in total. The molecule has 0 unspecified atom stereocenters. The fraction of sp³-hybridized carbons (Fsp3) is 0. The summed E-state index contributed by atoms with van der Waals surface area (Å²) in [5, 5.41) is 0. The van der Waals surface area contributed by atoms with Gasteiger partial charge in [0.15, 0.2) is 0 Å². The van der Waals surface area contributed by atoms with Crippen LogP contribution in [0.15, 0.2) is 0 Å². The third kappa shape index (κ3) is 644. The van der Waals surface area contributed by atoms with Crippen molar-refractivity contribution in [2.75, 3.05) is 0 Å². The first-order valence-corrected chi connectivity index (χ1v) is 2.10. The Morgan fingerprint density at radius 2 is 0.818 bits per heavy atom. The van der Waals surface area contributed by atoms with E-state index in [1.165, 1.54) is 0 Å². The van der Waals surface area contributed by atoms with Crippen LogP contribution in [-0.4, -0.2) is 39.4 Å². The van der Waals surface area contributed by atoms with E-state index in [-0.39, 0.29) is 67.6 Å². The van der Waals surface area contributed by atoms with Gasteiger partial charge in [-0.2, -0.15) is 8.42 Å². The summed E-state index contributed by atoms with van der Waals surface area (Å²) in [6.45, 7) is 0. The van der Waals surface area contributed by atoms with Gasteiger partial charge in [-0.15, -0.1) is 0 Å². The minimum atomic E-state index is -4.67. The van der Waals surface area contributed by atoms with Gasteiger partial charge in [0, 0.05) is 19.5 Å². The van der Waals surface area contributed by atoms with Gasteiger partial charge in [0.05, 0.1) is 0 Å². The van der Waals surface area contributed by atoms with Gasteiger partial charge in [-0.25, -0.2) is 0 Å². The van der Waals surface area contributed by atoms with Crippen molar-refractivity contribution in [3.63, 3.8) is 0 Å². The van der Waals surface area contributed by atoms with Gasteiger partial charge in [-0.05, 0) is 0 Å². The van der Waals surface area contributed by atoms with Crippen LogP contribution in [0.2, 0.25) is 0 Å². The Balaban J connectivity index is -0.00000000533. The van der Waals surface area contributed by atoms with Crippen LogP contribution in [0.1, 0.15) is 0 Å². The molecule has 0 rings (SSSR count). The van der Waals surface area contributed by atoms with Crippen LogP contribution in [0, 0.1) is 0 Å². The van der Waals surface area contributed by atoms with Gasteiger partial charge in [-0.1, -0.05) is 0 Å². The molecule has 0 bridgehead atoms. The smallest absolute Gasteiger partial charge is 0.870 e.